The number of amides is 3. The average molecular weight is 458 g/mol. The second-order valence-electron chi connectivity index (χ2n) is 10.7. The number of carbonyl (C=O) groups is 3. The third-order valence-electron chi connectivity index (χ3n) is 4.97. The fourth-order valence-corrected chi connectivity index (χ4v) is 3.09. The van der Waals surface area contributed by atoms with E-state index in [4.69, 9.17) is 4.74 Å². The molecule has 0 aromatic heterocycles. The Morgan fingerprint density at radius 2 is 1.50 bits per heavy atom. The van der Waals surface area contributed by atoms with Crippen molar-refractivity contribution in [3.63, 3.8) is 0 Å². The molecule has 0 bridgehead atoms. The third kappa shape index (κ3) is 14.3. The van der Waals surface area contributed by atoms with Crippen molar-refractivity contribution in [2.75, 3.05) is 6.54 Å². The number of aliphatic hydroxyl groups is 1. The van der Waals surface area contributed by atoms with Crippen LogP contribution in [0.4, 0.5) is 4.79 Å². The van der Waals surface area contributed by atoms with Gasteiger partial charge in [0.05, 0.1) is 18.6 Å². The molecule has 0 aromatic rings. The Kier molecular flexibility index (Phi) is 13.5. The number of hydrogen-bond donors (Lipinski definition) is 4. The molecule has 8 heteroatoms. The van der Waals surface area contributed by atoms with Gasteiger partial charge in [0, 0.05) is 6.54 Å². The summed E-state index contributed by atoms with van der Waals surface area (Å²) in [7, 11) is 0. The summed E-state index contributed by atoms with van der Waals surface area (Å²) in [6, 6.07) is -1.40. The van der Waals surface area contributed by atoms with Gasteiger partial charge in [0.1, 0.15) is 11.6 Å². The van der Waals surface area contributed by atoms with E-state index >= 15 is 0 Å². The average Bonchev–Trinajstić information content (AvgIpc) is 2.62. The Balaban J connectivity index is 5.21. The van der Waals surface area contributed by atoms with Gasteiger partial charge in [-0.05, 0) is 51.4 Å². The van der Waals surface area contributed by atoms with Crippen molar-refractivity contribution < 1.29 is 24.2 Å². The molecule has 0 saturated heterocycles. The van der Waals surface area contributed by atoms with E-state index in [2.05, 4.69) is 22.9 Å². The highest BCUT2D eigenvalue weighted by molar-refractivity contribution is 5.86. The minimum absolute atomic E-state index is 0.0948. The third-order valence-corrected chi connectivity index (χ3v) is 4.97. The van der Waals surface area contributed by atoms with Gasteiger partial charge < -0.3 is 25.8 Å². The van der Waals surface area contributed by atoms with Crippen molar-refractivity contribution in [2.45, 2.75) is 112 Å². The van der Waals surface area contributed by atoms with Gasteiger partial charge in [-0.2, -0.15) is 0 Å². The minimum Gasteiger partial charge on any atom is -0.444 e. The van der Waals surface area contributed by atoms with E-state index in [1.54, 1.807) is 20.8 Å². The zero-order valence-corrected chi connectivity index (χ0v) is 21.6. The molecular formula is C24H47N3O5. The minimum atomic E-state index is -1.03. The van der Waals surface area contributed by atoms with Crippen LogP contribution < -0.4 is 16.0 Å². The van der Waals surface area contributed by atoms with Gasteiger partial charge >= 0.3 is 6.09 Å². The van der Waals surface area contributed by atoms with Crippen LogP contribution in [0.3, 0.4) is 0 Å². The van der Waals surface area contributed by atoms with Crippen LogP contribution in [-0.2, 0) is 14.3 Å². The summed E-state index contributed by atoms with van der Waals surface area (Å²) in [5, 5.41) is 19.1. The zero-order valence-electron chi connectivity index (χ0n) is 21.6. The highest BCUT2D eigenvalue weighted by atomic mass is 16.6. The first-order valence-electron chi connectivity index (χ1n) is 11.9. The Bertz CT molecular complexity index is 587. The first-order chi connectivity index (χ1) is 14.6. The van der Waals surface area contributed by atoms with Gasteiger partial charge in [0.2, 0.25) is 11.8 Å². The lowest BCUT2D eigenvalue weighted by atomic mass is 9.95. The fourth-order valence-electron chi connectivity index (χ4n) is 3.09. The molecule has 3 unspecified atom stereocenters. The first kappa shape index (κ1) is 30.2. The standard InChI is InChI=1S/C24H47N3O5/c1-10-17(6)14-25-21(29)13-20(28)18(11-15(2)3)26-22(30)19(12-16(4)5)27-23(31)32-24(7,8)9/h15-20,28H,10-14H2,1-9H3,(H,25,29)(H,26,30)(H,27,31)/t17?,18?,19-,20?/m0/s1. The monoisotopic (exact) mass is 457 g/mol. The molecular weight excluding hydrogens is 410 g/mol. The summed E-state index contributed by atoms with van der Waals surface area (Å²) >= 11 is 0. The Morgan fingerprint density at radius 3 is 1.97 bits per heavy atom. The lowest BCUT2D eigenvalue weighted by Crippen LogP contribution is -2.54. The number of carbonyl (C=O) groups excluding carboxylic acids is 3. The maximum Gasteiger partial charge on any atom is 0.408 e. The van der Waals surface area contributed by atoms with Gasteiger partial charge in [0.25, 0.3) is 0 Å². The van der Waals surface area contributed by atoms with Crippen LogP contribution in [-0.4, -0.2) is 53.3 Å². The molecule has 4 atom stereocenters. The first-order valence-corrected chi connectivity index (χ1v) is 11.9. The fraction of sp³-hybridized carbons (Fsp3) is 0.875. The normalized spacial score (nSPS) is 15.6. The number of nitrogens with one attached hydrogen (secondary N) is 3. The molecule has 0 fully saturated rings. The van der Waals surface area contributed by atoms with Crippen LogP contribution in [0.1, 0.15) is 88.0 Å². The quantitative estimate of drug-likeness (QED) is 0.338. The van der Waals surface area contributed by atoms with Crippen molar-refractivity contribution in [1.82, 2.24) is 16.0 Å². The molecule has 0 saturated carbocycles. The molecule has 4 N–H and O–H groups in total. The second-order valence-corrected chi connectivity index (χ2v) is 10.7. The summed E-state index contributed by atoms with van der Waals surface area (Å²) in [6.45, 7) is 17.8. The lowest BCUT2D eigenvalue weighted by molar-refractivity contribution is -0.128. The van der Waals surface area contributed by atoms with E-state index in [1.807, 2.05) is 34.6 Å². The van der Waals surface area contributed by atoms with Crippen molar-refractivity contribution >= 4 is 17.9 Å². The molecule has 3 amide bonds. The van der Waals surface area contributed by atoms with Gasteiger partial charge in [-0.1, -0.05) is 48.0 Å². The van der Waals surface area contributed by atoms with E-state index < -0.39 is 35.8 Å². The van der Waals surface area contributed by atoms with Crippen LogP contribution in [0.25, 0.3) is 0 Å². The largest absolute Gasteiger partial charge is 0.444 e. The molecule has 188 valence electrons. The zero-order chi connectivity index (χ0) is 25.1. The number of aliphatic hydroxyl groups excluding tert-OH is 1. The highest BCUT2D eigenvalue weighted by Crippen LogP contribution is 2.14. The molecule has 8 nitrogen and oxygen atoms in total. The number of ether oxygens (including phenoxy) is 1. The summed E-state index contributed by atoms with van der Waals surface area (Å²) in [4.78, 5) is 37.5. The van der Waals surface area contributed by atoms with Gasteiger partial charge in [-0.3, -0.25) is 9.59 Å². The van der Waals surface area contributed by atoms with Crippen LogP contribution in [0, 0.1) is 17.8 Å². The van der Waals surface area contributed by atoms with E-state index in [-0.39, 0.29) is 24.2 Å². The van der Waals surface area contributed by atoms with Crippen LogP contribution >= 0.6 is 0 Å². The van der Waals surface area contributed by atoms with Gasteiger partial charge in [-0.25, -0.2) is 4.79 Å². The van der Waals surface area contributed by atoms with E-state index in [0.717, 1.165) is 6.42 Å². The maximum atomic E-state index is 13.0. The molecule has 0 aliphatic rings. The van der Waals surface area contributed by atoms with Crippen LogP contribution in [0.2, 0.25) is 0 Å². The highest BCUT2D eigenvalue weighted by Gasteiger charge is 2.30. The van der Waals surface area contributed by atoms with E-state index in [0.29, 0.717) is 25.3 Å². The number of alkyl carbamates (subject to hydrolysis) is 1. The lowest BCUT2D eigenvalue weighted by Gasteiger charge is -2.29. The molecule has 32 heavy (non-hydrogen) atoms. The molecule has 0 aromatic carbocycles. The van der Waals surface area contributed by atoms with E-state index in [9.17, 15) is 19.5 Å². The predicted octanol–water partition coefficient (Wildman–Crippen LogP) is 3.37. The van der Waals surface area contributed by atoms with Crippen molar-refractivity contribution in [3.05, 3.63) is 0 Å². The Morgan fingerprint density at radius 1 is 0.938 bits per heavy atom. The smallest absolute Gasteiger partial charge is 0.408 e. The number of rotatable bonds is 13. The predicted molar refractivity (Wildman–Crippen MR) is 127 cm³/mol. The van der Waals surface area contributed by atoms with Crippen molar-refractivity contribution in [3.8, 4) is 0 Å². The summed E-state index contributed by atoms with van der Waals surface area (Å²) in [5.41, 5.74) is -0.679. The molecule has 0 radical (unpaired) electrons. The van der Waals surface area contributed by atoms with E-state index in [1.165, 1.54) is 0 Å². The molecule has 0 heterocycles. The molecule has 0 rings (SSSR count). The van der Waals surface area contributed by atoms with Gasteiger partial charge in [0.15, 0.2) is 0 Å². The number of hydrogen-bond acceptors (Lipinski definition) is 5. The van der Waals surface area contributed by atoms with Gasteiger partial charge in [-0.15, -0.1) is 0 Å². The molecule has 0 spiro atoms. The summed E-state index contributed by atoms with van der Waals surface area (Å²) in [6.07, 6.45) is 0.0967. The van der Waals surface area contributed by atoms with Crippen LogP contribution in [0.5, 0.6) is 0 Å². The SMILES string of the molecule is CCC(C)CNC(=O)CC(O)C(CC(C)C)NC(=O)[C@H](CC(C)C)NC(=O)OC(C)(C)C. The summed E-state index contributed by atoms with van der Waals surface area (Å²) < 4.78 is 5.29. The maximum absolute atomic E-state index is 13.0. The topological polar surface area (TPSA) is 117 Å². The summed E-state index contributed by atoms with van der Waals surface area (Å²) in [5.74, 6) is 0.0691. The van der Waals surface area contributed by atoms with Crippen molar-refractivity contribution in [2.24, 2.45) is 17.8 Å². The van der Waals surface area contributed by atoms with Crippen molar-refractivity contribution in [1.29, 1.82) is 0 Å². The second kappa shape index (κ2) is 14.3. The molecule has 0 aliphatic carbocycles. The van der Waals surface area contributed by atoms with Crippen LogP contribution in [0.15, 0.2) is 0 Å². The Hall–Kier alpha value is -1.83. The molecule has 0 aliphatic heterocycles. The Labute approximate surface area is 194 Å².